The lowest BCUT2D eigenvalue weighted by molar-refractivity contribution is -0.117. The number of fused-ring (bicyclic) bond motifs is 3. The van der Waals surface area contributed by atoms with Crippen LogP contribution in [0.4, 0.5) is 5.69 Å². The number of benzene rings is 1. The highest BCUT2D eigenvalue weighted by molar-refractivity contribution is 5.75. The average Bonchev–Trinajstić information content (AvgIpc) is 2.74. The van der Waals surface area contributed by atoms with Gasteiger partial charge in [0.1, 0.15) is 5.78 Å². The molecule has 0 saturated carbocycles. The normalized spacial score (nSPS) is 25.6. The molecule has 1 aromatic rings. The Morgan fingerprint density at radius 1 is 1.47 bits per heavy atom. The van der Waals surface area contributed by atoms with E-state index < -0.39 is 0 Å². The van der Waals surface area contributed by atoms with Crippen molar-refractivity contribution in [1.82, 2.24) is 4.90 Å². The van der Waals surface area contributed by atoms with Gasteiger partial charge in [-0.1, -0.05) is 17.7 Å². The van der Waals surface area contributed by atoms with Crippen LogP contribution in [0.1, 0.15) is 36.8 Å². The molecule has 1 saturated heterocycles. The molecule has 0 amide bonds. The highest BCUT2D eigenvalue weighted by Gasteiger charge is 2.36. The molecule has 1 N–H and O–H groups in total. The van der Waals surface area contributed by atoms with E-state index >= 15 is 0 Å². The second-order valence-electron chi connectivity index (χ2n) is 5.99. The van der Waals surface area contributed by atoms with Crippen LogP contribution in [0.2, 0.25) is 0 Å². The first-order valence-electron chi connectivity index (χ1n) is 7.22. The predicted octanol–water partition coefficient (Wildman–Crippen LogP) is 2.56. The Morgan fingerprint density at radius 2 is 2.32 bits per heavy atom. The van der Waals surface area contributed by atoms with E-state index in [0.717, 1.165) is 19.6 Å². The fourth-order valence-electron chi connectivity index (χ4n) is 3.35. The molecule has 0 spiro atoms. The predicted molar refractivity (Wildman–Crippen MR) is 77.7 cm³/mol. The van der Waals surface area contributed by atoms with Crippen LogP contribution < -0.4 is 5.32 Å². The zero-order valence-corrected chi connectivity index (χ0v) is 11.8. The molecule has 3 nitrogen and oxygen atoms in total. The number of carbonyl (C=O) groups excluding carboxylic acids is 1. The van der Waals surface area contributed by atoms with E-state index in [1.54, 1.807) is 6.92 Å². The van der Waals surface area contributed by atoms with Gasteiger partial charge in [0.05, 0.1) is 0 Å². The minimum atomic E-state index is 0.294. The molecule has 0 unspecified atom stereocenters. The molecule has 3 rings (SSSR count). The molecule has 1 fully saturated rings. The summed E-state index contributed by atoms with van der Waals surface area (Å²) >= 11 is 0. The summed E-state index contributed by atoms with van der Waals surface area (Å²) in [5.74, 6) is 0.888. The maximum atomic E-state index is 11.1. The second kappa shape index (κ2) is 4.97. The van der Waals surface area contributed by atoms with Crippen LogP contribution in [-0.2, 0) is 4.79 Å². The molecular weight excluding hydrogens is 236 g/mol. The molecule has 2 heterocycles. The molecule has 3 heteroatoms. The molecule has 2 aliphatic rings. The number of hydrogen-bond acceptors (Lipinski definition) is 3. The molecule has 1 aromatic carbocycles. The van der Waals surface area contributed by atoms with Gasteiger partial charge in [-0.25, -0.2) is 0 Å². The van der Waals surface area contributed by atoms with Crippen LogP contribution in [0.15, 0.2) is 18.2 Å². The smallest absolute Gasteiger partial charge is 0.131 e. The third-order valence-corrected chi connectivity index (χ3v) is 4.42. The standard InChI is InChI=1S/C16H22N2O/c1-11-3-4-15-13(9-11)14-10-18(7-5-12(2)19)8-6-16(14)17-15/h3-4,9,14,16-17H,5-8,10H2,1-2H3/t14-,16+/m1/s1. The Bertz CT molecular complexity index is 498. The highest BCUT2D eigenvalue weighted by Crippen LogP contribution is 2.40. The summed E-state index contributed by atoms with van der Waals surface area (Å²) in [6.07, 6.45) is 1.86. The molecule has 2 atom stereocenters. The van der Waals surface area contributed by atoms with Crippen molar-refractivity contribution in [2.45, 2.75) is 38.6 Å². The van der Waals surface area contributed by atoms with Gasteiger partial charge in [0, 0.05) is 43.7 Å². The lowest BCUT2D eigenvalue weighted by Gasteiger charge is -2.35. The molecule has 0 bridgehead atoms. The van der Waals surface area contributed by atoms with E-state index in [-0.39, 0.29) is 0 Å². The average molecular weight is 258 g/mol. The Balaban J connectivity index is 1.73. The van der Waals surface area contributed by atoms with Crippen molar-refractivity contribution in [3.8, 4) is 0 Å². The molecule has 0 radical (unpaired) electrons. The van der Waals surface area contributed by atoms with Crippen LogP contribution in [0.3, 0.4) is 0 Å². The Hall–Kier alpha value is -1.35. The van der Waals surface area contributed by atoms with Gasteiger partial charge in [0.25, 0.3) is 0 Å². The quantitative estimate of drug-likeness (QED) is 0.904. The summed E-state index contributed by atoms with van der Waals surface area (Å²) in [7, 11) is 0. The van der Waals surface area contributed by atoms with Crippen molar-refractivity contribution in [3.63, 3.8) is 0 Å². The molecule has 19 heavy (non-hydrogen) atoms. The van der Waals surface area contributed by atoms with E-state index in [4.69, 9.17) is 0 Å². The lowest BCUT2D eigenvalue weighted by Crippen LogP contribution is -2.42. The first-order valence-corrected chi connectivity index (χ1v) is 7.22. The summed E-state index contributed by atoms with van der Waals surface area (Å²) in [4.78, 5) is 13.6. The lowest BCUT2D eigenvalue weighted by atomic mass is 9.88. The van der Waals surface area contributed by atoms with E-state index in [2.05, 4.69) is 35.3 Å². The van der Waals surface area contributed by atoms with Gasteiger partial charge < -0.3 is 10.2 Å². The van der Waals surface area contributed by atoms with Crippen molar-refractivity contribution in [2.75, 3.05) is 25.0 Å². The van der Waals surface area contributed by atoms with E-state index in [0.29, 0.717) is 24.2 Å². The summed E-state index contributed by atoms with van der Waals surface area (Å²) in [5, 5.41) is 3.66. The van der Waals surface area contributed by atoms with E-state index in [1.165, 1.54) is 23.2 Å². The Kier molecular flexibility index (Phi) is 3.31. The first-order chi connectivity index (χ1) is 9.13. The highest BCUT2D eigenvalue weighted by atomic mass is 16.1. The number of nitrogens with one attached hydrogen (secondary N) is 1. The number of hydrogen-bond donors (Lipinski definition) is 1. The van der Waals surface area contributed by atoms with Crippen LogP contribution in [0, 0.1) is 6.92 Å². The number of ketones is 1. The first kappa shape index (κ1) is 12.7. The van der Waals surface area contributed by atoms with Gasteiger partial charge in [-0.2, -0.15) is 0 Å². The number of Topliss-reactive ketones (excluding diaryl/α,β-unsaturated/α-hetero) is 1. The SMILES string of the molecule is CC(=O)CCN1CC[C@@H]2Nc3ccc(C)cc3[C@H]2C1. The maximum Gasteiger partial charge on any atom is 0.131 e. The third-order valence-electron chi connectivity index (χ3n) is 4.42. The molecule has 102 valence electrons. The summed E-state index contributed by atoms with van der Waals surface area (Å²) < 4.78 is 0. The van der Waals surface area contributed by atoms with Gasteiger partial charge in [0.2, 0.25) is 0 Å². The van der Waals surface area contributed by atoms with E-state index in [1.807, 2.05) is 0 Å². The van der Waals surface area contributed by atoms with Gasteiger partial charge in [-0.3, -0.25) is 4.79 Å². The summed E-state index contributed by atoms with van der Waals surface area (Å²) in [5.41, 5.74) is 4.12. The molecule has 0 aliphatic carbocycles. The number of piperidine rings is 1. The largest absolute Gasteiger partial charge is 0.381 e. The minimum Gasteiger partial charge on any atom is -0.381 e. The zero-order valence-electron chi connectivity index (χ0n) is 11.8. The third kappa shape index (κ3) is 2.52. The van der Waals surface area contributed by atoms with Crippen molar-refractivity contribution in [2.24, 2.45) is 0 Å². The Morgan fingerprint density at radius 3 is 3.11 bits per heavy atom. The Labute approximate surface area is 115 Å². The van der Waals surface area contributed by atoms with Crippen LogP contribution in [0.25, 0.3) is 0 Å². The second-order valence-corrected chi connectivity index (χ2v) is 5.99. The fraction of sp³-hybridized carbons (Fsp3) is 0.562. The maximum absolute atomic E-state index is 11.1. The minimum absolute atomic E-state index is 0.294. The fourth-order valence-corrected chi connectivity index (χ4v) is 3.35. The van der Waals surface area contributed by atoms with Crippen molar-refractivity contribution >= 4 is 11.5 Å². The van der Waals surface area contributed by atoms with Crippen LogP contribution in [0.5, 0.6) is 0 Å². The van der Waals surface area contributed by atoms with Crippen LogP contribution >= 0.6 is 0 Å². The number of aryl methyl sites for hydroxylation is 1. The number of anilines is 1. The van der Waals surface area contributed by atoms with Gasteiger partial charge >= 0.3 is 0 Å². The summed E-state index contributed by atoms with van der Waals surface area (Å²) in [6, 6.07) is 7.30. The van der Waals surface area contributed by atoms with Gasteiger partial charge in [0.15, 0.2) is 0 Å². The number of nitrogens with zero attached hydrogens (tertiary/aromatic N) is 1. The van der Waals surface area contributed by atoms with Crippen molar-refractivity contribution in [1.29, 1.82) is 0 Å². The van der Waals surface area contributed by atoms with Crippen molar-refractivity contribution in [3.05, 3.63) is 29.3 Å². The monoisotopic (exact) mass is 258 g/mol. The zero-order chi connectivity index (χ0) is 13.4. The number of carbonyl (C=O) groups is 1. The van der Waals surface area contributed by atoms with Crippen LogP contribution in [-0.4, -0.2) is 36.4 Å². The number of likely N-dealkylation sites (tertiary alicyclic amines) is 1. The molecule has 0 aromatic heterocycles. The summed E-state index contributed by atoms with van der Waals surface area (Å²) in [6.45, 7) is 6.95. The topological polar surface area (TPSA) is 32.3 Å². The van der Waals surface area contributed by atoms with Gasteiger partial charge in [-0.05, 0) is 31.9 Å². The molecule has 2 aliphatic heterocycles. The number of rotatable bonds is 3. The molecular formula is C16H22N2O. The van der Waals surface area contributed by atoms with Crippen molar-refractivity contribution < 1.29 is 4.79 Å². The van der Waals surface area contributed by atoms with E-state index in [9.17, 15) is 4.79 Å². The van der Waals surface area contributed by atoms with Gasteiger partial charge in [-0.15, -0.1) is 0 Å².